The lowest BCUT2D eigenvalue weighted by molar-refractivity contribution is 0.435. The van der Waals surface area contributed by atoms with E-state index in [1.165, 1.54) is 43.2 Å². The molecule has 23 heavy (non-hydrogen) atoms. The molecule has 0 aliphatic heterocycles. The van der Waals surface area contributed by atoms with Gasteiger partial charge in [-0.25, -0.2) is 4.68 Å². The third kappa shape index (κ3) is 3.99. The number of aromatic nitrogens is 1. The van der Waals surface area contributed by atoms with E-state index in [0.29, 0.717) is 6.04 Å². The fourth-order valence-corrected chi connectivity index (χ4v) is 3.95. The summed E-state index contributed by atoms with van der Waals surface area (Å²) in [5.74, 6) is 0. The maximum Gasteiger partial charge on any atom is 0.206 e. The number of benzene rings is 1. The Morgan fingerprint density at radius 1 is 1.13 bits per heavy atom. The summed E-state index contributed by atoms with van der Waals surface area (Å²) in [6.07, 6.45) is 8.37. The van der Waals surface area contributed by atoms with Gasteiger partial charge < -0.3 is 0 Å². The van der Waals surface area contributed by atoms with Crippen molar-refractivity contribution in [1.82, 2.24) is 4.68 Å². The van der Waals surface area contributed by atoms with Gasteiger partial charge in [0.05, 0.1) is 18.0 Å². The maximum absolute atomic E-state index is 4.96. The molecule has 0 spiro atoms. The van der Waals surface area contributed by atoms with Gasteiger partial charge in [-0.3, -0.25) is 4.99 Å². The number of hydrogen-bond donors (Lipinski definition) is 0. The van der Waals surface area contributed by atoms with Crippen molar-refractivity contribution in [3.63, 3.8) is 0 Å². The minimum atomic E-state index is 0.476. The van der Waals surface area contributed by atoms with E-state index in [0.717, 1.165) is 16.1 Å². The van der Waals surface area contributed by atoms with Crippen molar-refractivity contribution >= 4 is 17.6 Å². The molecule has 122 valence electrons. The van der Waals surface area contributed by atoms with Crippen LogP contribution in [-0.4, -0.2) is 16.9 Å². The second kappa shape index (κ2) is 7.26. The lowest BCUT2D eigenvalue weighted by Gasteiger charge is -2.16. The van der Waals surface area contributed by atoms with E-state index in [1.807, 2.05) is 10.9 Å². The first-order chi connectivity index (χ1) is 11.1. The van der Waals surface area contributed by atoms with Crippen LogP contribution < -0.4 is 4.80 Å². The Morgan fingerprint density at radius 3 is 2.65 bits per heavy atom. The first-order valence-corrected chi connectivity index (χ1v) is 9.34. The summed E-state index contributed by atoms with van der Waals surface area (Å²) in [6, 6.07) is 6.94. The zero-order chi connectivity index (χ0) is 16.2. The molecule has 1 aromatic carbocycles. The van der Waals surface area contributed by atoms with E-state index in [1.54, 1.807) is 11.3 Å². The van der Waals surface area contributed by atoms with Gasteiger partial charge in [-0.15, -0.1) is 11.3 Å². The van der Waals surface area contributed by atoms with Gasteiger partial charge >= 0.3 is 0 Å². The van der Waals surface area contributed by atoms with Crippen molar-refractivity contribution < 1.29 is 0 Å². The van der Waals surface area contributed by atoms with E-state index < -0.39 is 0 Å². The molecule has 4 heteroatoms. The van der Waals surface area contributed by atoms with Crippen LogP contribution in [-0.2, 0) is 0 Å². The highest BCUT2D eigenvalue weighted by molar-refractivity contribution is 7.07. The standard InChI is InChI=1S/C19H25N3S/c1-14-9-10-17(15(2)11-14)12-20-22-16(3)13-23-19(22)21-18-7-5-4-6-8-18/h9-13,18H,4-8H2,1-3H3. The quantitative estimate of drug-likeness (QED) is 0.738. The van der Waals surface area contributed by atoms with Crippen molar-refractivity contribution in [2.45, 2.75) is 58.9 Å². The molecule has 2 aromatic rings. The summed E-state index contributed by atoms with van der Waals surface area (Å²) >= 11 is 1.69. The summed E-state index contributed by atoms with van der Waals surface area (Å²) in [5, 5.41) is 6.84. The van der Waals surface area contributed by atoms with Crippen molar-refractivity contribution in [3.8, 4) is 0 Å². The molecular formula is C19H25N3S. The topological polar surface area (TPSA) is 29.6 Å². The minimum absolute atomic E-state index is 0.476. The molecule has 0 saturated heterocycles. The SMILES string of the molecule is Cc1ccc(C=Nn2c(C)csc2=NC2CCCCC2)c(C)c1. The summed E-state index contributed by atoms with van der Waals surface area (Å²) in [7, 11) is 0. The monoisotopic (exact) mass is 327 g/mol. The number of rotatable bonds is 3. The van der Waals surface area contributed by atoms with Gasteiger partial charge in [0.15, 0.2) is 0 Å². The molecule has 1 saturated carbocycles. The lowest BCUT2D eigenvalue weighted by Crippen LogP contribution is -2.19. The predicted molar refractivity (Wildman–Crippen MR) is 98.4 cm³/mol. The molecule has 1 heterocycles. The van der Waals surface area contributed by atoms with Gasteiger partial charge in [0.25, 0.3) is 0 Å². The van der Waals surface area contributed by atoms with Gasteiger partial charge in [0.1, 0.15) is 0 Å². The molecule has 3 rings (SSSR count). The zero-order valence-electron chi connectivity index (χ0n) is 14.2. The smallest absolute Gasteiger partial charge is 0.206 e. The molecule has 0 unspecified atom stereocenters. The van der Waals surface area contributed by atoms with Crippen LogP contribution in [0, 0.1) is 20.8 Å². The largest absolute Gasteiger partial charge is 0.254 e. The van der Waals surface area contributed by atoms with Crippen molar-refractivity contribution in [2.75, 3.05) is 0 Å². The molecule has 1 fully saturated rings. The molecule has 3 nitrogen and oxygen atoms in total. The number of nitrogens with zero attached hydrogens (tertiary/aromatic N) is 3. The van der Waals surface area contributed by atoms with Crippen LogP contribution in [0.15, 0.2) is 33.7 Å². The van der Waals surface area contributed by atoms with Crippen LogP contribution in [0.5, 0.6) is 0 Å². The molecule has 0 amide bonds. The summed E-state index contributed by atoms with van der Waals surface area (Å²) in [6.45, 7) is 6.34. The Bertz CT molecular complexity index is 761. The fourth-order valence-electron chi connectivity index (χ4n) is 3.07. The van der Waals surface area contributed by atoms with E-state index >= 15 is 0 Å². The Labute approximate surface area is 142 Å². The number of aryl methyl sites for hydroxylation is 3. The van der Waals surface area contributed by atoms with Crippen LogP contribution in [0.4, 0.5) is 0 Å². The first kappa shape index (κ1) is 16.2. The van der Waals surface area contributed by atoms with Gasteiger partial charge in [-0.05, 0) is 44.7 Å². The van der Waals surface area contributed by atoms with Crippen molar-refractivity contribution in [2.24, 2.45) is 10.1 Å². The van der Waals surface area contributed by atoms with E-state index in [-0.39, 0.29) is 0 Å². The second-order valence-electron chi connectivity index (χ2n) is 6.50. The van der Waals surface area contributed by atoms with Crippen LogP contribution >= 0.6 is 11.3 Å². The van der Waals surface area contributed by atoms with Crippen LogP contribution in [0.2, 0.25) is 0 Å². The number of hydrogen-bond acceptors (Lipinski definition) is 3. The maximum atomic E-state index is 4.96. The average molecular weight is 327 g/mol. The first-order valence-electron chi connectivity index (χ1n) is 8.46. The van der Waals surface area contributed by atoms with E-state index in [9.17, 15) is 0 Å². The normalized spacial score (nSPS) is 17.3. The van der Waals surface area contributed by atoms with Crippen molar-refractivity contribution in [1.29, 1.82) is 0 Å². The van der Waals surface area contributed by atoms with Crippen LogP contribution in [0.1, 0.15) is 54.5 Å². The highest BCUT2D eigenvalue weighted by Gasteiger charge is 2.12. The Hall–Kier alpha value is -1.68. The molecule has 0 radical (unpaired) electrons. The molecule has 1 aliphatic carbocycles. The molecule has 1 aliphatic rings. The average Bonchev–Trinajstić information content (AvgIpc) is 2.88. The molecule has 0 bridgehead atoms. The van der Waals surface area contributed by atoms with Gasteiger partial charge in [0.2, 0.25) is 4.80 Å². The van der Waals surface area contributed by atoms with Gasteiger partial charge in [-0.2, -0.15) is 5.10 Å². The molecule has 0 N–H and O–H groups in total. The molecular weight excluding hydrogens is 302 g/mol. The highest BCUT2D eigenvalue weighted by Crippen LogP contribution is 2.20. The van der Waals surface area contributed by atoms with Gasteiger partial charge in [-0.1, -0.05) is 43.0 Å². The number of thiazole rings is 1. The van der Waals surface area contributed by atoms with Crippen LogP contribution in [0.3, 0.4) is 0 Å². The van der Waals surface area contributed by atoms with Crippen LogP contribution in [0.25, 0.3) is 0 Å². The fraction of sp³-hybridized carbons (Fsp3) is 0.474. The Morgan fingerprint density at radius 2 is 1.91 bits per heavy atom. The predicted octanol–water partition coefficient (Wildman–Crippen LogP) is 4.59. The second-order valence-corrected chi connectivity index (χ2v) is 7.33. The lowest BCUT2D eigenvalue weighted by atomic mass is 9.96. The van der Waals surface area contributed by atoms with E-state index in [4.69, 9.17) is 10.1 Å². The highest BCUT2D eigenvalue weighted by atomic mass is 32.1. The zero-order valence-corrected chi connectivity index (χ0v) is 15.1. The Balaban J connectivity index is 1.89. The third-order valence-corrected chi connectivity index (χ3v) is 5.40. The molecule has 0 atom stereocenters. The summed E-state index contributed by atoms with van der Waals surface area (Å²) in [5.41, 5.74) is 4.85. The summed E-state index contributed by atoms with van der Waals surface area (Å²) in [4.78, 5) is 5.98. The summed E-state index contributed by atoms with van der Waals surface area (Å²) < 4.78 is 1.98. The molecule has 1 aromatic heterocycles. The van der Waals surface area contributed by atoms with Crippen molar-refractivity contribution in [3.05, 3.63) is 50.8 Å². The van der Waals surface area contributed by atoms with E-state index in [2.05, 4.69) is 44.4 Å². The minimum Gasteiger partial charge on any atom is -0.254 e. The van der Waals surface area contributed by atoms with Gasteiger partial charge in [0, 0.05) is 5.38 Å². The third-order valence-electron chi connectivity index (χ3n) is 4.46. The Kier molecular flexibility index (Phi) is 5.11.